The Bertz CT molecular complexity index is 1480. The molecule has 0 fully saturated rings. The zero-order valence-corrected chi connectivity index (χ0v) is 19.6. The Morgan fingerprint density at radius 3 is 2.77 bits per heavy atom. The minimum absolute atomic E-state index is 0.466. The van der Waals surface area contributed by atoms with Gasteiger partial charge in [-0.2, -0.15) is 5.26 Å². The van der Waals surface area contributed by atoms with Crippen LogP contribution in [0.2, 0.25) is 0 Å². The van der Waals surface area contributed by atoms with E-state index in [1.54, 1.807) is 12.4 Å². The average molecular weight is 462 g/mol. The van der Waals surface area contributed by atoms with Crippen LogP contribution < -0.4 is 10.6 Å². The fraction of sp³-hybridized carbons (Fsp3) is 0.172. The number of anilines is 2. The zero-order valence-electron chi connectivity index (χ0n) is 19.6. The van der Waals surface area contributed by atoms with Crippen LogP contribution in [-0.4, -0.2) is 16.5 Å². The Balaban J connectivity index is 1.30. The first-order valence-electron chi connectivity index (χ1n) is 11.8. The second-order valence-electron chi connectivity index (χ2n) is 8.56. The molecule has 5 aromatic rings. The van der Waals surface area contributed by atoms with Crippen molar-refractivity contribution in [1.29, 1.82) is 5.26 Å². The van der Waals surface area contributed by atoms with Gasteiger partial charge in [0.2, 0.25) is 0 Å². The highest BCUT2D eigenvalue weighted by Crippen LogP contribution is 2.35. The minimum Gasteiger partial charge on any atom is -0.460 e. The second-order valence-corrected chi connectivity index (χ2v) is 8.56. The molecular weight excluding hydrogens is 434 g/mol. The van der Waals surface area contributed by atoms with Crippen LogP contribution in [0.3, 0.4) is 0 Å². The lowest BCUT2D eigenvalue weighted by atomic mass is 10.1. The lowest BCUT2D eigenvalue weighted by molar-refractivity contribution is 0.491. The molecule has 0 aliphatic carbocycles. The number of aromatic nitrogens is 2. The summed E-state index contributed by atoms with van der Waals surface area (Å²) in [6.45, 7) is 3.62. The Morgan fingerprint density at radius 1 is 1.03 bits per heavy atom. The van der Waals surface area contributed by atoms with E-state index in [2.05, 4.69) is 63.9 Å². The molecule has 0 saturated carbocycles. The topological polar surface area (TPSA) is 89.7 Å². The molecule has 2 aromatic carbocycles. The van der Waals surface area contributed by atoms with Crippen molar-refractivity contribution < 1.29 is 4.42 Å². The van der Waals surface area contributed by atoms with Crippen LogP contribution in [0.25, 0.3) is 22.2 Å². The molecule has 0 aliphatic heterocycles. The molecule has 0 amide bonds. The van der Waals surface area contributed by atoms with E-state index in [0.29, 0.717) is 23.6 Å². The van der Waals surface area contributed by atoms with Crippen LogP contribution in [0.15, 0.2) is 83.7 Å². The lowest BCUT2D eigenvalue weighted by Crippen LogP contribution is -2.14. The maximum atomic E-state index is 9.75. The molecule has 0 bridgehead atoms. The van der Waals surface area contributed by atoms with E-state index >= 15 is 0 Å². The van der Waals surface area contributed by atoms with E-state index in [-0.39, 0.29) is 0 Å². The van der Waals surface area contributed by atoms with Crippen LogP contribution in [-0.2, 0) is 13.0 Å². The predicted molar refractivity (Wildman–Crippen MR) is 139 cm³/mol. The van der Waals surface area contributed by atoms with E-state index in [1.807, 2.05) is 36.5 Å². The molecule has 174 valence electrons. The molecule has 0 unspecified atom stereocenters. The Morgan fingerprint density at radius 2 is 1.91 bits per heavy atom. The third-order valence-electron chi connectivity index (χ3n) is 6.22. The number of nitrogens with zero attached hydrogens (tertiary/aromatic N) is 2. The van der Waals surface area contributed by atoms with Gasteiger partial charge in [-0.1, -0.05) is 30.3 Å². The van der Waals surface area contributed by atoms with E-state index in [0.717, 1.165) is 52.9 Å². The minimum atomic E-state index is 0.466. The average Bonchev–Trinajstić information content (AvgIpc) is 3.56. The molecule has 3 aromatic heterocycles. The summed E-state index contributed by atoms with van der Waals surface area (Å²) in [6, 6.07) is 22.8. The summed E-state index contributed by atoms with van der Waals surface area (Å²) in [5.41, 5.74) is 6.39. The van der Waals surface area contributed by atoms with Crippen LogP contribution in [0.5, 0.6) is 0 Å². The normalized spacial score (nSPS) is 11.0. The van der Waals surface area contributed by atoms with Crippen LogP contribution >= 0.6 is 0 Å². The van der Waals surface area contributed by atoms with Gasteiger partial charge in [-0.15, -0.1) is 0 Å². The first-order chi connectivity index (χ1) is 17.2. The van der Waals surface area contributed by atoms with Gasteiger partial charge in [0.15, 0.2) is 0 Å². The standard InChI is InChI=1S/C29H27N5O/c1-20-24-13-15-33-27(24)11-10-26(20)34-29-22(16-30)17-32-19-25(29)28-12-9-23(35-28)18-31-14-5-8-21-6-3-2-4-7-21/h2-4,6-7,9-13,15,17,19,31,33H,5,8,14,18H2,1H3,(H,32,34). The smallest absolute Gasteiger partial charge is 0.138 e. The Kier molecular flexibility index (Phi) is 6.60. The predicted octanol–water partition coefficient (Wildman–Crippen LogP) is 6.47. The van der Waals surface area contributed by atoms with Crippen molar-refractivity contribution in [2.24, 2.45) is 0 Å². The van der Waals surface area contributed by atoms with Gasteiger partial charge >= 0.3 is 0 Å². The number of fused-ring (bicyclic) bond motifs is 1. The van der Waals surface area contributed by atoms with E-state index < -0.39 is 0 Å². The molecule has 0 aliphatic rings. The molecule has 0 saturated heterocycles. The van der Waals surface area contributed by atoms with Gasteiger partial charge in [-0.25, -0.2) is 0 Å². The maximum Gasteiger partial charge on any atom is 0.138 e. The molecular formula is C29H27N5O. The zero-order chi connectivity index (χ0) is 24.0. The lowest BCUT2D eigenvalue weighted by Gasteiger charge is -2.14. The third-order valence-corrected chi connectivity index (χ3v) is 6.22. The summed E-state index contributed by atoms with van der Waals surface area (Å²) in [7, 11) is 0. The van der Waals surface area contributed by atoms with E-state index in [4.69, 9.17) is 4.42 Å². The van der Waals surface area contributed by atoms with Crippen molar-refractivity contribution in [1.82, 2.24) is 15.3 Å². The number of hydrogen-bond donors (Lipinski definition) is 3. The molecule has 0 spiro atoms. The molecule has 35 heavy (non-hydrogen) atoms. The van der Waals surface area contributed by atoms with Crippen molar-refractivity contribution in [3.8, 4) is 17.4 Å². The summed E-state index contributed by atoms with van der Waals surface area (Å²) < 4.78 is 6.14. The largest absolute Gasteiger partial charge is 0.460 e. The number of rotatable bonds is 9. The van der Waals surface area contributed by atoms with Crippen molar-refractivity contribution in [3.05, 3.63) is 102 Å². The number of nitrogens with one attached hydrogen (secondary N) is 3. The van der Waals surface area contributed by atoms with Crippen LogP contribution in [0.4, 0.5) is 11.4 Å². The summed E-state index contributed by atoms with van der Waals surface area (Å²) in [5, 5.41) is 17.8. The quantitative estimate of drug-likeness (QED) is 0.219. The Labute approximate surface area is 204 Å². The molecule has 6 heteroatoms. The highest BCUT2D eigenvalue weighted by atomic mass is 16.3. The molecule has 3 heterocycles. The maximum absolute atomic E-state index is 9.75. The van der Waals surface area contributed by atoms with Gasteiger partial charge in [0.05, 0.1) is 23.4 Å². The first kappa shape index (κ1) is 22.5. The number of aryl methyl sites for hydroxylation is 2. The second kappa shape index (κ2) is 10.3. The molecule has 6 nitrogen and oxygen atoms in total. The van der Waals surface area contributed by atoms with Gasteiger partial charge in [0.25, 0.3) is 0 Å². The summed E-state index contributed by atoms with van der Waals surface area (Å²) >= 11 is 0. The van der Waals surface area contributed by atoms with Gasteiger partial charge in [-0.05, 0) is 67.8 Å². The van der Waals surface area contributed by atoms with E-state index in [9.17, 15) is 5.26 Å². The third kappa shape index (κ3) is 4.96. The van der Waals surface area contributed by atoms with Crippen LogP contribution in [0, 0.1) is 18.3 Å². The van der Waals surface area contributed by atoms with Crippen molar-refractivity contribution in [2.75, 3.05) is 11.9 Å². The fourth-order valence-corrected chi connectivity index (χ4v) is 4.31. The highest BCUT2D eigenvalue weighted by Gasteiger charge is 2.16. The van der Waals surface area contributed by atoms with Gasteiger partial charge in [-0.3, -0.25) is 4.98 Å². The first-order valence-corrected chi connectivity index (χ1v) is 11.8. The van der Waals surface area contributed by atoms with Gasteiger partial charge < -0.3 is 20.0 Å². The monoisotopic (exact) mass is 461 g/mol. The van der Waals surface area contributed by atoms with Crippen LogP contribution in [0.1, 0.15) is 28.9 Å². The fourth-order valence-electron chi connectivity index (χ4n) is 4.31. The molecule has 3 N–H and O–H groups in total. The van der Waals surface area contributed by atoms with Crippen molar-refractivity contribution in [2.45, 2.75) is 26.3 Å². The number of hydrogen-bond acceptors (Lipinski definition) is 5. The SMILES string of the molecule is Cc1c(Nc2c(C#N)cncc2-c2ccc(CNCCCc3ccccc3)o2)ccc2[nH]ccc12. The highest BCUT2D eigenvalue weighted by molar-refractivity contribution is 5.91. The summed E-state index contributed by atoms with van der Waals surface area (Å²) in [5.74, 6) is 1.52. The number of nitriles is 1. The number of H-pyrrole nitrogens is 1. The number of aromatic amines is 1. The molecule has 5 rings (SSSR count). The van der Waals surface area contributed by atoms with E-state index in [1.165, 1.54) is 5.56 Å². The van der Waals surface area contributed by atoms with Gasteiger partial charge in [0, 0.05) is 35.2 Å². The number of benzene rings is 2. The summed E-state index contributed by atoms with van der Waals surface area (Å²) in [4.78, 5) is 7.52. The Hall–Kier alpha value is -4.34. The van der Waals surface area contributed by atoms with Crippen molar-refractivity contribution >= 4 is 22.3 Å². The van der Waals surface area contributed by atoms with Gasteiger partial charge in [0.1, 0.15) is 17.6 Å². The number of pyridine rings is 1. The van der Waals surface area contributed by atoms with Crippen molar-refractivity contribution in [3.63, 3.8) is 0 Å². The molecule has 0 atom stereocenters. The number of furan rings is 1. The molecule has 0 radical (unpaired) electrons. The summed E-state index contributed by atoms with van der Waals surface area (Å²) in [6.07, 6.45) is 7.36.